The van der Waals surface area contributed by atoms with Crippen LogP contribution in [0, 0.1) is 12.8 Å². The zero-order chi connectivity index (χ0) is 18.8. The van der Waals surface area contributed by atoms with Gasteiger partial charge in [-0.2, -0.15) is 0 Å². The van der Waals surface area contributed by atoms with E-state index in [2.05, 4.69) is 24.4 Å². The van der Waals surface area contributed by atoms with Crippen LogP contribution in [0.2, 0.25) is 0 Å². The number of rotatable bonds is 4. The summed E-state index contributed by atoms with van der Waals surface area (Å²) in [5.41, 5.74) is 3.56. The van der Waals surface area contributed by atoms with Crippen LogP contribution in [0.25, 0.3) is 0 Å². The zero-order valence-electron chi connectivity index (χ0n) is 15.8. The number of amides is 2. The normalized spacial score (nSPS) is 19.0. The van der Waals surface area contributed by atoms with Gasteiger partial charge in [0.05, 0.1) is 4.88 Å². The molecule has 0 bridgehead atoms. The van der Waals surface area contributed by atoms with Gasteiger partial charge in [-0.05, 0) is 61.8 Å². The second-order valence-corrected chi connectivity index (χ2v) is 8.78. The number of carbonyl (C=O) groups excluding carboxylic acids is 2. The van der Waals surface area contributed by atoms with Gasteiger partial charge < -0.3 is 10.2 Å². The quantitative estimate of drug-likeness (QED) is 0.876. The highest BCUT2D eigenvalue weighted by Gasteiger charge is 2.29. The molecule has 1 aliphatic carbocycles. The number of likely N-dealkylation sites (tertiary alicyclic amines) is 1. The summed E-state index contributed by atoms with van der Waals surface area (Å²) >= 11 is 1.63. The minimum Gasteiger partial charge on any atom is -0.352 e. The number of thiophene rings is 1. The molecule has 0 saturated carbocycles. The Labute approximate surface area is 164 Å². The summed E-state index contributed by atoms with van der Waals surface area (Å²) in [6.45, 7) is 4.41. The highest BCUT2D eigenvalue weighted by Crippen LogP contribution is 2.33. The van der Waals surface area contributed by atoms with Gasteiger partial charge in [0, 0.05) is 30.4 Å². The van der Waals surface area contributed by atoms with E-state index < -0.39 is 0 Å². The largest absolute Gasteiger partial charge is 0.352 e. The Morgan fingerprint density at radius 1 is 1.22 bits per heavy atom. The van der Waals surface area contributed by atoms with E-state index in [1.807, 2.05) is 23.1 Å². The van der Waals surface area contributed by atoms with E-state index in [0.29, 0.717) is 6.54 Å². The van der Waals surface area contributed by atoms with E-state index in [9.17, 15) is 9.59 Å². The molecule has 4 rings (SSSR count). The molecule has 142 valence electrons. The van der Waals surface area contributed by atoms with Gasteiger partial charge in [0.15, 0.2) is 0 Å². The molecule has 2 aliphatic rings. The maximum Gasteiger partial charge on any atom is 0.263 e. The Balaban J connectivity index is 1.38. The van der Waals surface area contributed by atoms with Crippen molar-refractivity contribution in [2.45, 2.75) is 45.6 Å². The minimum atomic E-state index is 0.00542. The van der Waals surface area contributed by atoms with E-state index in [4.69, 9.17) is 0 Å². The van der Waals surface area contributed by atoms with Crippen LogP contribution >= 0.6 is 11.3 Å². The predicted octanol–water partition coefficient (Wildman–Crippen LogP) is 3.71. The predicted molar refractivity (Wildman–Crippen MR) is 108 cm³/mol. The lowest BCUT2D eigenvalue weighted by Gasteiger charge is -2.21. The molecule has 27 heavy (non-hydrogen) atoms. The van der Waals surface area contributed by atoms with E-state index in [-0.39, 0.29) is 17.7 Å². The molecular formula is C22H26N2O2S. The Morgan fingerprint density at radius 3 is 2.78 bits per heavy atom. The van der Waals surface area contributed by atoms with Gasteiger partial charge in [0.25, 0.3) is 5.91 Å². The Bertz CT molecular complexity index is 852. The first-order valence-electron chi connectivity index (χ1n) is 9.85. The van der Waals surface area contributed by atoms with Gasteiger partial charge >= 0.3 is 0 Å². The van der Waals surface area contributed by atoms with Crippen LogP contribution < -0.4 is 5.32 Å². The third kappa shape index (κ3) is 3.93. The molecule has 1 aromatic carbocycles. The molecule has 2 aromatic rings. The summed E-state index contributed by atoms with van der Waals surface area (Å²) in [6, 6.07) is 10.2. The van der Waals surface area contributed by atoms with Crippen LogP contribution in [0.5, 0.6) is 0 Å². The fourth-order valence-electron chi connectivity index (χ4n) is 4.06. The topological polar surface area (TPSA) is 49.4 Å². The Kier molecular flexibility index (Phi) is 5.30. The second kappa shape index (κ2) is 7.85. The number of fused-ring (bicyclic) bond motifs is 1. The summed E-state index contributed by atoms with van der Waals surface area (Å²) in [6.07, 6.45) is 4.73. The van der Waals surface area contributed by atoms with Gasteiger partial charge in [-0.15, -0.1) is 11.3 Å². The molecule has 0 radical (unpaired) electrons. The van der Waals surface area contributed by atoms with Gasteiger partial charge in [0.2, 0.25) is 5.91 Å². The van der Waals surface area contributed by atoms with Crippen molar-refractivity contribution in [3.05, 3.63) is 56.8 Å². The smallest absolute Gasteiger partial charge is 0.263 e. The number of hydrogen-bond acceptors (Lipinski definition) is 3. The first kappa shape index (κ1) is 18.2. The van der Waals surface area contributed by atoms with Crippen molar-refractivity contribution in [3.63, 3.8) is 0 Å². The number of aryl methyl sites for hydroxylation is 2. The van der Waals surface area contributed by atoms with Crippen molar-refractivity contribution in [2.75, 3.05) is 13.1 Å². The molecule has 2 amide bonds. The molecule has 1 aromatic heterocycles. The Morgan fingerprint density at radius 2 is 2.00 bits per heavy atom. The zero-order valence-corrected chi connectivity index (χ0v) is 16.6. The van der Waals surface area contributed by atoms with E-state index in [1.165, 1.54) is 16.0 Å². The highest BCUT2D eigenvalue weighted by molar-refractivity contribution is 7.14. The summed E-state index contributed by atoms with van der Waals surface area (Å²) in [5, 5.41) is 3.10. The molecule has 5 heteroatoms. The second-order valence-electron chi connectivity index (χ2n) is 7.64. The lowest BCUT2D eigenvalue weighted by molar-refractivity contribution is -0.125. The van der Waals surface area contributed by atoms with Gasteiger partial charge in [-0.1, -0.05) is 24.3 Å². The number of benzene rings is 1. The average molecular weight is 383 g/mol. The van der Waals surface area contributed by atoms with Crippen molar-refractivity contribution in [2.24, 2.45) is 5.92 Å². The number of nitrogens with zero attached hydrogens (tertiary/aromatic N) is 1. The lowest BCUT2D eigenvalue weighted by Crippen LogP contribution is -2.33. The molecule has 0 unspecified atom stereocenters. The first-order chi connectivity index (χ1) is 13.1. The number of hydrogen-bond donors (Lipinski definition) is 1. The van der Waals surface area contributed by atoms with E-state index in [0.717, 1.165) is 55.6 Å². The van der Waals surface area contributed by atoms with Crippen LogP contribution in [0.3, 0.4) is 0 Å². The molecule has 2 heterocycles. The third-order valence-corrected chi connectivity index (χ3v) is 7.00. The number of nitrogens with one attached hydrogen (secondary N) is 1. The standard InChI is InChI=1S/C22H26N2O2S/c1-15-6-2-3-7-17(15)14-23-21(25)16-8-9-19-18(12-16)13-20(27-19)22(26)24-10-4-5-11-24/h2-3,6-7,13,16H,4-5,8-12,14H2,1H3,(H,23,25)/t16-/m0/s1. The van der Waals surface area contributed by atoms with Gasteiger partial charge in [-0.3, -0.25) is 9.59 Å². The molecular weight excluding hydrogens is 356 g/mol. The summed E-state index contributed by atoms with van der Waals surface area (Å²) in [5.74, 6) is 0.306. The lowest BCUT2D eigenvalue weighted by atomic mass is 9.87. The van der Waals surface area contributed by atoms with Gasteiger partial charge in [0.1, 0.15) is 0 Å². The van der Waals surface area contributed by atoms with Crippen molar-refractivity contribution in [1.82, 2.24) is 10.2 Å². The van der Waals surface area contributed by atoms with Crippen LogP contribution in [0.4, 0.5) is 0 Å². The van der Waals surface area contributed by atoms with Crippen LogP contribution in [0.1, 0.15) is 50.5 Å². The summed E-state index contributed by atoms with van der Waals surface area (Å²) < 4.78 is 0. The summed E-state index contributed by atoms with van der Waals surface area (Å²) in [7, 11) is 0. The number of carbonyl (C=O) groups is 2. The van der Waals surface area contributed by atoms with Crippen LogP contribution in [-0.4, -0.2) is 29.8 Å². The molecule has 4 nitrogen and oxygen atoms in total. The SMILES string of the molecule is Cc1ccccc1CNC(=O)[C@H]1CCc2sc(C(=O)N3CCCC3)cc2C1. The highest BCUT2D eigenvalue weighted by atomic mass is 32.1. The molecule has 1 atom stereocenters. The maximum absolute atomic E-state index is 12.7. The van der Waals surface area contributed by atoms with Crippen LogP contribution in [0.15, 0.2) is 30.3 Å². The van der Waals surface area contributed by atoms with Crippen molar-refractivity contribution >= 4 is 23.2 Å². The average Bonchev–Trinajstić information content (AvgIpc) is 3.35. The first-order valence-corrected chi connectivity index (χ1v) is 10.7. The molecule has 1 fully saturated rings. The monoisotopic (exact) mass is 382 g/mol. The van der Waals surface area contributed by atoms with Crippen molar-refractivity contribution in [1.29, 1.82) is 0 Å². The molecule has 1 N–H and O–H groups in total. The third-order valence-electron chi connectivity index (χ3n) is 5.77. The minimum absolute atomic E-state index is 0.00542. The molecule has 1 saturated heterocycles. The van der Waals surface area contributed by atoms with Crippen molar-refractivity contribution < 1.29 is 9.59 Å². The van der Waals surface area contributed by atoms with E-state index in [1.54, 1.807) is 11.3 Å². The molecule has 1 aliphatic heterocycles. The van der Waals surface area contributed by atoms with E-state index >= 15 is 0 Å². The van der Waals surface area contributed by atoms with Gasteiger partial charge in [-0.25, -0.2) is 0 Å². The van der Waals surface area contributed by atoms with Crippen LogP contribution in [-0.2, 0) is 24.2 Å². The fourth-order valence-corrected chi connectivity index (χ4v) is 5.24. The summed E-state index contributed by atoms with van der Waals surface area (Å²) in [4.78, 5) is 29.4. The Hall–Kier alpha value is -2.14. The van der Waals surface area contributed by atoms with Crippen molar-refractivity contribution in [3.8, 4) is 0 Å². The maximum atomic E-state index is 12.7. The fraction of sp³-hybridized carbons (Fsp3) is 0.455. The molecule has 0 spiro atoms.